The fourth-order valence-corrected chi connectivity index (χ4v) is 2.83. The lowest BCUT2D eigenvalue weighted by atomic mass is 9.83. The fraction of sp³-hybridized carbons (Fsp3) is 0.667. The lowest BCUT2D eigenvalue weighted by molar-refractivity contribution is 0.00578. The van der Waals surface area contributed by atoms with Gasteiger partial charge in [-0.15, -0.1) is 0 Å². The van der Waals surface area contributed by atoms with Crippen LogP contribution in [0.4, 0.5) is 0 Å². The molecule has 2 aliphatic rings. The monoisotopic (exact) mass is 293 g/mol. The molecule has 0 amide bonds. The molecule has 0 bridgehead atoms. The Balaban J connectivity index is 1.88. The molecule has 1 aliphatic heterocycles. The van der Waals surface area contributed by atoms with Crippen molar-refractivity contribution in [1.29, 1.82) is 0 Å². The molecule has 2 fully saturated rings. The highest BCUT2D eigenvalue weighted by Crippen LogP contribution is 2.49. The first-order valence-corrected chi connectivity index (χ1v) is 7.54. The molecule has 0 unspecified atom stereocenters. The van der Waals surface area contributed by atoms with Crippen LogP contribution >= 0.6 is 11.6 Å². The number of hydrogen-bond donors (Lipinski definition) is 0. The lowest BCUT2D eigenvalue weighted by Crippen LogP contribution is -2.41. The normalized spacial score (nSPS) is 25.8. The van der Waals surface area contributed by atoms with Gasteiger partial charge in [0.25, 0.3) is 0 Å². The number of pyridine rings is 1. The SMILES string of the molecule is CC1(c2cnc(B3OC(C)(C)C(C)(C)O3)cc2Cl)CC1. The summed E-state index contributed by atoms with van der Waals surface area (Å²) in [5.41, 5.74) is 1.40. The Morgan fingerprint density at radius 1 is 1.10 bits per heavy atom. The van der Waals surface area contributed by atoms with E-state index < -0.39 is 7.12 Å². The van der Waals surface area contributed by atoms with Gasteiger partial charge in [-0.3, -0.25) is 4.98 Å². The summed E-state index contributed by atoms with van der Waals surface area (Å²) < 4.78 is 12.0. The first-order valence-electron chi connectivity index (χ1n) is 7.16. The molecule has 3 nitrogen and oxygen atoms in total. The molecule has 2 heterocycles. The van der Waals surface area contributed by atoms with E-state index in [1.807, 2.05) is 40.0 Å². The van der Waals surface area contributed by atoms with Gasteiger partial charge in [0.2, 0.25) is 0 Å². The molecular formula is C15H21BClNO2. The minimum atomic E-state index is -0.446. The van der Waals surface area contributed by atoms with Gasteiger partial charge in [0.05, 0.1) is 16.8 Å². The second kappa shape index (κ2) is 4.22. The highest BCUT2D eigenvalue weighted by atomic mass is 35.5. The Morgan fingerprint density at radius 2 is 1.65 bits per heavy atom. The summed E-state index contributed by atoms with van der Waals surface area (Å²) in [6.45, 7) is 10.4. The van der Waals surface area contributed by atoms with Crippen LogP contribution < -0.4 is 5.59 Å². The molecule has 1 aromatic heterocycles. The van der Waals surface area contributed by atoms with E-state index in [2.05, 4.69) is 11.9 Å². The van der Waals surface area contributed by atoms with Crippen LogP contribution in [0.25, 0.3) is 0 Å². The Kier molecular flexibility index (Phi) is 3.03. The maximum atomic E-state index is 6.42. The van der Waals surface area contributed by atoms with E-state index in [0.29, 0.717) is 0 Å². The maximum absolute atomic E-state index is 6.42. The lowest BCUT2D eigenvalue weighted by Gasteiger charge is -2.32. The van der Waals surface area contributed by atoms with E-state index in [1.165, 1.54) is 12.8 Å². The van der Waals surface area contributed by atoms with E-state index in [4.69, 9.17) is 20.9 Å². The Hall–Kier alpha value is -0.575. The Bertz CT molecular complexity index is 539. The zero-order valence-corrected chi connectivity index (χ0v) is 13.5. The van der Waals surface area contributed by atoms with Crippen molar-refractivity contribution < 1.29 is 9.31 Å². The van der Waals surface area contributed by atoms with Crippen molar-refractivity contribution >= 4 is 24.3 Å². The van der Waals surface area contributed by atoms with E-state index in [1.54, 1.807) is 0 Å². The molecule has 1 aliphatic carbocycles. The highest BCUT2D eigenvalue weighted by Gasteiger charge is 2.52. The van der Waals surface area contributed by atoms with Gasteiger partial charge in [0.1, 0.15) is 0 Å². The smallest absolute Gasteiger partial charge is 0.398 e. The van der Waals surface area contributed by atoms with E-state index in [-0.39, 0.29) is 16.6 Å². The third-order valence-electron chi connectivity index (χ3n) is 5.02. The minimum Gasteiger partial charge on any atom is -0.398 e. The largest absolute Gasteiger partial charge is 0.514 e. The predicted molar refractivity (Wildman–Crippen MR) is 81.5 cm³/mol. The fourth-order valence-electron chi connectivity index (χ4n) is 2.44. The average Bonchev–Trinajstić information content (AvgIpc) is 3.01. The quantitative estimate of drug-likeness (QED) is 0.785. The van der Waals surface area contributed by atoms with Crippen molar-refractivity contribution in [3.05, 3.63) is 22.8 Å². The van der Waals surface area contributed by atoms with Crippen molar-refractivity contribution in [2.75, 3.05) is 0 Å². The van der Waals surface area contributed by atoms with Crippen LogP contribution in [0.5, 0.6) is 0 Å². The van der Waals surface area contributed by atoms with Gasteiger partial charge in [-0.05, 0) is 57.6 Å². The van der Waals surface area contributed by atoms with Gasteiger partial charge in [-0.1, -0.05) is 18.5 Å². The molecule has 1 saturated heterocycles. The first kappa shape index (κ1) is 14.4. The van der Waals surface area contributed by atoms with Crippen LogP contribution in [0.3, 0.4) is 0 Å². The summed E-state index contributed by atoms with van der Waals surface area (Å²) in [7, 11) is -0.446. The van der Waals surface area contributed by atoms with Crippen molar-refractivity contribution in [2.45, 2.75) is 64.1 Å². The Labute approximate surface area is 126 Å². The first-order chi connectivity index (χ1) is 9.15. The number of nitrogens with zero attached hydrogens (tertiary/aromatic N) is 1. The van der Waals surface area contributed by atoms with Crippen LogP contribution in [-0.4, -0.2) is 23.3 Å². The molecular weight excluding hydrogens is 272 g/mol. The highest BCUT2D eigenvalue weighted by molar-refractivity contribution is 6.61. The molecule has 0 radical (unpaired) electrons. The summed E-state index contributed by atoms with van der Waals surface area (Å²) in [6, 6.07) is 1.89. The molecule has 1 aromatic rings. The van der Waals surface area contributed by atoms with E-state index >= 15 is 0 Å². The van der Waals surface area contributed by atoms with Crippen LogP contribution in [0.1, 0.15) is 53.0 Å². The topological polar surface area (TPSA) is 31.4 Å². The van der Waals surface area contributed by atoms with Crippen molar-refractivity contribution in [1.82, 2.24) is 4.98 Å². The van der Waals surface area contributed by atoms with Crippen LogP contribution in [0.15, 0.2) is 12.3 Å². The van der Waals surface area contributed by atoms with E-state index in [0.717, 1.165) is 16.2 Å². The van der Waals surface area contributed by atoms with Crippen LogP contribution in [-0.2, 0) is 14.7 Å². The van der Waals surface area contributed by atoms with Crippen LogP contribution in [0, 0.1) is 0 Å². The summed E-state index contributed by atoms with van der Waals surface area (Å²) in [6.07, 6.45) is 4.25. The molecule has 0 N–H and O–H groups in total. The summed E-state index contributed by atoms with van der Waals surface area (Å²) in [5.74, 6) is 0. The summed E-state index contributed by atoms with van der Waals surface area (Å²) in [4.78, 5) is 4.52. The van der Waals surface area contributed by atoms with Crippen molar-refractivity contribution in [2.24, 2.45) is 0 Å². The molecule has 3 rings (SSSR count). The predicted octanol–water partition coefficient (Wildman–Crippen LogP) is 3.09. The molecule has 0 spiro atoms. The van der Waals surface area contributed by atoms with Gasteiger partial charge >= 0.3 is 7.12 Å². The summed E-state index contributed by atoms with van der Waals surface area (Å²) >= 11 is 6.42. The maximum Gasteiger partial charge on any atom is 0.514 e. The van der Waals surface area contributed by atoms with Gasteiger partial charge in [0, 0.05) is 11.2 Å². The molecule has 20 heavy (non-hydrogen) atoms. The molecule has 0 aromatic carbocycles. The minimum absolute atomic E-state index is 0.221. The van der Waals surface area contributed by atoms with Gasteiger partial charge in [-0.25, -0.2) is 0 Å². The average molecular weight is 294 g/mol. The van der Waals surface area contributed by atoms with Gasteiger partial charge in [-0.2, -0.15) is 0 Å². The van der Waals surface area contributed by atoms with E-state index in [9.17, 15) is 0 Å². The third kappa shape index (κ3) is 2.18. The second-order valence-corrected chi connectivity index (χ2v) is 7.65. The van der Waals surface area contributed by atoms with Crippen molar-refractivity contribution in [3.8, 4) is 0 Å². The Morgan fingerprint density at radius 3 is 2.10 bits per heavy atom. The van der Waals surface area contributed by atoms with Gasteiger partial charge < -0.3 is 9.31 Å². The zero-order valence-electron chi connectivity index (χ0n) is 12.8. The van der Waals surface area contributed by atoms with Crippen molar-refractivity contribution in [3.63, 3.8) is 0 Å². The molecule has 1 saturated carbocycles. The molecule has 108 valence electrons. The number of aromatic nitrogens is 1. The molecule has 5 heteroatoms. The van der Waals surface area contributed by atoms with Crippen LogP contribution in [0.2, 0.25) is 5.02 Å². The zero-order chi connectivity index (χ0) is 14.8. The second-order valence-electron chi connectivity index (χ2n) is 7.24. The summed E-state index contributed by atoms with van der Waals surface area (Å²) in [5, 5.41) is 0.768. The molecule has 0 atom stereocenters. The number of rotatable bonds is 2. The van der Waals surface area contributed by atoms with Gasteiger partial charge in [0.15, 0.2) is 0 Å². The number of halogens is 1. The number of hydrogen-bond acceptors (Lipinski definition) is 3. The third-order valence-corrected chi connectivity index (χ3v) is 5.33. The standard InChI is InChI=1S/C15H21BClNO2/c1-13(2)14(3,4)20-16(19-13)12-8-11(17)10(9-18-12)15(5)6-7-15/h8-9H,6-7H2,1-5H3.